The zero-order valence-corrected chi connectivity index (χ0v) is 7.82. The highest BCUT2D eigenvalue weighted by molar-refractivity contribution is 5.59. The second-order valence-corrected chi connectivity index (χ2v) is 3.60. The number of benzene rings is 1. The maximum atomic E-state index is 10.7. The summed E-state index contributed by atoms with van der Waals surface area (Å²) in [5.41, 5.74) is 8.56. The van der Waals surface area contributed by atoms with E-state index in [4.69, 9.17) is 5.73 Å². The Hall–Kier alpha value is -1.58. The third-order valence-corrected chi connectivity index (χ3v) is 2.74. The zero-order valence-electron chi connectivity index (χ0n) is 7.82. The highest BCUT2D eigenvalue weighted by Gasteiger charge is 2.21. The van der Waals surface area contributed by atoms with Gasteiger partial charge in [0.2, 0.25) is 0 Å². The fourth-order valence-electron chi connectivity index (χ4n) is 2.05. The molecule has 0 heterocycles. The first-order chi connectivity index (χ1) is 6.70. The van der Waals surface area contributed by atoms with Crippen molar-refractivity contribution in [3.05, 3.63) is 33.4 Å². The minimum atomic E-state index is -0.316. The Balaban J connectivity index is 2.59. The second-order valence-electron chi connectivity index (χ2n) is 3.60. The van der Waals surface area contributed by atoms with Gasteiger partial charge in [-0.05, 0) is 37.3 Å². The van der Waals surface area contributed by atoms with E-state index in [-0.39, 0.29) is 10.6 Å². The van der Waals surface area contributed by atoms with Crippen LogP contribution in [0.2, 0.25) is 0 Å². The SMILES string of the molecule is Nc1ccc([N+](=O)[O-])c2c1CCCC2. The molecule has 74 valence electrons. The van der Waals surface area contributed by atoms with Crippen LogP contribution in [0.5, 0.6) is 0 Å². The van der Waals surface area contributed by atoms with Crippen molar-refractivity contribution in [1.82, 2.24) is 0 Å². The summed E-state index contributed by atoms with van der Waals surface area (Å²) in [4.78, 5) is 10.4. The average molecular weight is 192 g/mol. The number of rotatable bonds is 1. The van der Waals surface area contributed by atoms with Gasteiger partial charge in [-0.2, -0.15) is 0 Å². The number of hydrogen-bond donors (Lipinski definition) is 1. The van der Waals surface area contributed by atoms with Crippen LogP contribution >= 0.6 is 0 Å². The van der Waals surface area contributed by atoms with Gasteiger partial charge in [0.05, 0.1) is 4.92 Å². The number of fused-ring (bicyclic) bond motifs is 1. The first-order valence-corrected chi connectivity index (χ1v) is 4.75. The molecule has 0 aromatic heterocycles. The number of nitrogen functional groups attached to an aromatic ring is 1. The van der Waals surface area contributed by atoms with Gasteiger partial charge < -0.3 is 5.73 Å². The molecule has 0 fully saturated rings. The zero-order chi connectivity index (χ0) is 10.1. The maximum Gasteiger partial charge on any atom is 0.273 e. The molecule has 4 heteroatoms. The summed E-state index contributed by atoms with van der Waals surface area (Å²) in [7, 11) is 0. The molecule has 0 saturated heterocycles. The Bertz CT molecular complexity index is 388. The molecule has 2 N–H and O–H groups in total. The Labute approximate surface area is 81.9 Å². The molecule has 1 aromatic carbocycles. The van der Waals surface area contributed by atoms with Crippen LogP contribution in [0, 0.1) is 10.1 Å². The van der Waals surface area contributed by atoms with Crippen molar-refractivity contribution in [3.8, 4) is 0 Å². The molecule has 4 nitrogen and oxygen atoms in total. The van der Waals surface area contributed by atoms with E-state index >= 15 is 0 Å². The molecule has 0 unspecified atom stereocenters. The number of hydrogen-bond acceptors (Lipinski definition) is 3. The van der Waals surface area contributed by atoms with Crippen molar-refractivity contribution in [2.45, 2.75) is 25.7 Å². The van der Waals surface area contributed by atoms with Gasteiger partial charge in [-0.1, -0.05) is 0 Å². The minimum Gasteiger partial charge on any atom is -0.398 e. The van der Waals surface area contributed by atoms with E-state index in [0.29, 0.717) is 5.69 Å². The van der Waals surface area contributed by atoms with Gasteiger partial charge in [-0.3, -0.25) is 10.1 Å². The smallest absolute Gasteiger partial charge is 0.273 e. The van der Waals surface area contributed by atoms with E-state index in [9.17, 15) is 10.1 Å². The van der Waals surface area contributed by atoms with Crippen LogP contribution in [0.4, 0.5) is 11.4 Å². The van der Waals surface area contributed by atoms with Crippen molar-refractivity contribution < 1.29 is 4.92 Å². The number of nitrogens with two attached hydrogens (primary N) is 1. The van der Waals surface area contributed by atoms with Crippen molar-refractivity contribution in [2.75, 3.05) is 5.73 Å². The molecule has 0 aliphatic heterocycles. The van der Waals surface area contributed by atoms with Gasteiger partial charge in [-0.15, -0.1) is 0 Å². The van der Waals surface area contributed by atoms with Crippen LogP contribution in [0.25, 0.3) is 0 Å². The molecule has 1 aliphatic carbocycles. The van der Waals surface area contributed by atoms with Crippen molar-refractivity contribution in [3.63, 3.8) is 0 Å². The number of nitrogens with zero attached hydrogens (tertiary/aromatic N) is 1. The van der Waals surface area contributed by atoms with E-state index in [2.05, 4.69) is 0 Å². The number of nitro benzene ring substituents is 1. The number of anilines is 1. The van der Waals surface area contributed by atoms with Crippen LogP contribution in [0.1, 0.15) is 24.0 Å². The third kappa shape index (κ3) is 1.32. The lowest BCUT2D eigenvalue weighted by Crippen LogP contribution is -2.09. The first kappa shape index (κ1) is 8.99. The first-order valence-electron chi connectivity index (χ1n) is 4.75. The summed E-state index contributed by atoms with van der Waals surface area (Å²) < 4.78 is 0. The van der Waals surface area contributed by atoms with E-state index in [0.717, 1.165) is 36.8 Å². The lowest BCUT2D eigenvalue weighted by molar-refractivity contribution is -0.385. The fourth-order valence-corrected chi connectivity index (χ4v) is 2.05. The predicted molar refractivity (Wildman–Crippen MR) is 54.2 cm³/mol. The van der Waals surface area contributed by atoms with Gasteiger partial charge in [0.25, 0.3) is 5.69 Å². The largest absolute Gasteiger partial charge is 0.398 e. The van der Waals surface area contributed by atoms with Gasteiger partial charge in [0.1, 0.15) is 0 Å². The normalized spacial score (nSPS) is 14.9. The standard InChI is InChI=1S/C10H12N2O2/c11-9-5-6-10(12(13)14)8-4-2-1-3-7(8)9/h5-6H,1-4,11H2. The summed E-state index contributed by atoms with van der Waals surface area (Å²) in [6.07, 6.45) is 3.77. The van der Waals surface area contributed by atoms with Crippen LogP contribution in [0.15, 0.2) is 12.1 Å². The van der Waals surface area contributed by atoms with E-state index in [1.54, 1.807) is 6.07 Å². The quantitative estimate of drug-likeness (QED) is 0.420. The molecular formula is C10H12N2O2. The number of nitro groups is 1. The minimum absolute atomic E-state index is 0.230. The second kappa shape index (κ2) is 3.29. The summed E-state index contributed by atoms with van der Waals surface area (Å²) >= 11 is 0. The summed E-state index contributed by atoms with van der Waals surface area (Å²) in [5, 5.41) is 10.7. The molecule has 0 amide bonds. The molecule has 1 aliphatic rings. The highest BCUT2D eigenvalue weighted by atomic mass is 16.6. The monoisotopic (exact) mass is 192 g/mol. The van der Waals surface area contributed by atoms with Crippen LogP contribution in [-0.4, -0.2) is 4.92 Å². The molecule has 2 rings (SSSR count). The van der Waals surface area contributed by atoms with Crippen molar-refractivity contribution in [2.24, 2.45) is 0 Å². The predicted octanol–water partition coefficient (Wildman–Crippen LogP) is 2.06. The van der Waals surface area contributed by atoms with Gasteiger partial charge in [-0.25, -0.2) is 0 Å². The molecule has 0 atom stereocenters. The van der Waals surface area contributed by atoms with E-state index in [1.165, 1.54) is 6.07 Å². The molecule has 1 aromatic rings. The fraction of sp³-hybridized carbons (Fsp3) is 0.400. The Kier molecular flexibility index (Phi) is 2.11. The molecule has 0 radical (unpaired) electrons. The lowest BCUT2D eigenvalue weighted by Gasteiger charge is -2.17. The molecule has 0 spiro atoms. The van der Waals surface area contributed by atoms with Gasteiger partial charge >= 0.3 is 0 Å². The maximum absolute atomic E-state index is 10.7. The van der Waals surface area contributed by atoms with E-state index in [1.807, 2.05) is 0 Å². The summed E-state index contributed by atoms with van der Waals surface area (Å²) in [5.74, 6) is 0. The highest BCUT2D eigenvalue weighted by Crippen LogP contribution is 2.32. The van der Waals surface area contributed by atoms with Crippen LogP contribution in [-0.2, 0) is 12.8 Å². The van der Waals surface area contributed by atoms with Gasteiger partial charge in [0.15, 0.2) is 0 Å². The molecule has 0 bridgehead atoms. The third-order valence-electron chi connectivity index (χ3n) is 2.74. The Morgan fingerprint density at radius 3 is 2.50 bits per heavy atom. The van der Waals surface area contributed by atoms with Crippen molar-refractivity contribution >= 4 is 11.4 Å². The van der Waals surface area contributed by atoms with Crippen molar-refractivity contribution in [1.29, 1.82) is 0 Å². The molecular weight excluding hydrogens is 180 g/mol. The Morgan fingerprint density at radius 2 is 1.86 bits per heavy atom. The van der Waals surface area contributed by atoms with Gasteiger partial charge in [0, 0.05) is 17.3 Å². The molecule has 0 saturated carbocycles. The van der Waals surface area contributed by atoms with Crippen LogP contribution < -0.4 is 5.73 Å². The topological polar surface area (TPSA) is 69.2 Å². The summed E-state index contributed by atoms with van der Waals surface area (Å²) in [6.45, 7) is 0. The molecule has 14 heavy (non-hydrogen) atoms. The van der Waals surface area contributed by atoms with Crippen LogP contribution in [0.3, 0.4) is 0 Å². The lowest BCUT2D eigenvalue weighted by atomic mass is 9.89. The summed E-state index contributed by atoms with van der Waals surface area (Å²) in [6, 6.07) is 3.15. The Morgan fingerprint density at radius 1 is 1.21 bits per heavy atom. The average Bonchev–Trinajstić information content (AvgIpc) is 2.18. The van der Waals surface area contributed by atoms with E-state index < -0.39 is 0 Å².